The van der Waals surface area contributed by atoms with E-state index < -0.39 is 0 Å². The Bertz CT molecular complexity index is 554. The Balaban J connectivity index is 1.71. The van der Waals surface area contributed by atoms with Crippen LogP contribution in [0.3, 0.4) is 0 Å². The highest BCUT2D eigenvalue weighted by molar-refractivity contribution is 5.63. The molecule has 1 saturated heterocycles. The van der Waals surface area contributed by atoms with Crippen molar-refractivity contribution in [2.45, 2.75) is 18.9 Å². The average molecular weight is 249 g/mol. The SMILES string of the molecule is C=C1CN[C@H](Cc2ccc(-c3ccccc3)cc2)C1. The molecule has 0 saturated carbocycles. The van der Waals surface area contributed by atoms with Gasteiger partial charge >= 0.3 is 0 Å². The number of hydrogen-bond acceptors (Lipinski definition) is 1. The van der Waals surface area contributed by atoms with Gasteiger partial charge in [-0.15, -0.1) is 0 Å². The molecule has 1 heteroatoms. The van der Waals surface area contributed by atoms with Gasteiger partial charge in [-0.1, -0.05) is 66.7 Å². The second kappa shape index (κ2) is 5.41. The van der Waals surface area contributed by atoms with Crippen LogP contribution in [0.25, 0.3) is 11.1 Å². The lowest BCUT2D eigenvalue weighted by Gasteiger charge is -2.10. The zero-order valence-corrected chi connectivity index (χ0v) is 11.1. The van der Waals surface area contributed by atoms with Gasteiger partial charge in [0, 0.05) is 12.6 Å². The normalized spacial score (nSPS) is 18.7. The first kappa shape index (κ1) is 12.2. The van der Waals surface area contributed by atoms with E-state index in [2.05, 4.69) is 66.5 Å². The minimum Gasteiger partial charge on any atom is -0.310 e. The van der Waals surface area contributed by atoms with E-state index in [1.807, 2.05) is 0 Å². The van der Waals surface area contributed by atoms with E-state index >= 15 is 0 Å². The Kier molecular flexibility index (Phi) is 3.47. The fourth-order valence-electron chi connectivity index (χ4n) is 2.67. The first-order valence-electron chi connectivity index (χ1n) is 6.85. The maximum absolute atomic E-state index is 4.04. The Labute approximate surface area is 115 Å². The fourth-order valence-corrected chi connectivity index (χ4v) is 2.67. The summed E-state index contributed by atoms with van der Waals surface area (Å²) >= 11 is 0. The van der Waals surface area contributed by atoms with Crippen LogP contribution < -0.4 is 5.32 Å². The first-order valence-corrected chi connectivity index (χ1v) is 6.85. The molecule has 0 spiro atoms. The summed E-state index contributed by atoms with van der Waals surface area (Å²) in [5, 5.41) is 3.50. The number of benzene rings is 2. The van der Waals surface area contributed by atoms with Crippen LogP contribution in [0.15, 0.2) is 66.7 Å². The number of nitrogens with one attached hydrogen (secondary N) is 1. The zero-order valence-electron chi connectivity index (χ0n) is 11.1. The highest BCUT2D eigenvalue weighted by Gasteiger charge is 2.16. The summed E-state index contributed by atoms with van der Waals surface area (Å²) in [4.78, 5) is 0. The minimum atomic E-state index is 0.565. The molecule has 2 aromatic carbocycles. The Morgan fingerprint density at radius 3 is 2.26 bits per heavy atom. The zero-order chi connectivity index (χ0) is 13.1. The molecular formula is C18H19N. The summed E-state index contributed by atoms with van der Waals surface area (Å²) < 4.78 is 0. The van der Waals surface area contributed by atoms with Crippen LogP contribution in [0.4, 0.5) is 0 Å². The van der Waals surface area contributed by atoms with Gasteiger partial charge in [0.1, 0.15) is 0 Å². The second-order valence-electron chi connectivity index (χ2n) is 5.30. The molecule has 1 nitrogen and oxygen atoms in total. The van der Waals surface area contributed by atoms with Crippen molar-refractivity contribution in [1.29, 1.82) is 0 Å². The number of rotatable bonds is 3. The highest BCUT2D eigenvalue weighted by atomic mass is 14.9. The monoisotopic (exact) mass is 249 g/mol. The maximum Gasteiger partial charge on any atom is 0.0165 e. The minimum absolute atomic E-state index is 0.565. The van der Waals surface area contributed by atoms with Crippen molar-refractivity contribution in [3.05, 3.63) is 72.3 Å². The predicted octanol–water partition coefficient (Wildman–Crippen LogP) is 3.81. The van der Waals surface area contributed by atoms with E-state index in [0.29, 0.717) is 6.04 Å². The van der Waals surface area contributed by atoms with E-state index in [9.17, 15) is 0 Å². The van der Waals surface area contributed by atoms with Crippen molar-refractivity contribution < 1.29 is 0 Å². The topological polar surface area (TPSA) is 12.0 Å². The largest absolute Gasteiger partial charge is 0.310 e. The van der Waals surface area contributed by atoms with Crippen molar-refractivity contribution in [2.24, 2.45) is 0 Å². The molecule has 1 atom stereocenters. The molecule has 1 heterocycles. The standard InChI is InChI=1S/C18H19N/c1-14-11-18(19-13-14)12-15-7-9-17(10-8-15)16-5-3-2-4-6-16/h2-10,18-19H,1,11-13H2/t18-/m0/s1. The van der Waals surface area contributed by atoms with Gasteiger partial charge in [-0.25, -0.2) is 0 Å². The third-order valence-electron chi connectivity index (χ3n) is 3.72. The summed E-state index contributed by atoms with van der Waals surface area (Å²) in [5.74, 6) is 0. The lowest BCUT2D eigenvalue weighted by Crippen LogP contribution is -2.23. The fraction of sp³-hybridized carbons (Fsp3) is 0.222. The predicted molar refractivity (Wildman–Crippen MR) is 81.1 cm³/mol. The third-order valence-corrected chi connectivity index (χ3v) is 3.72. The van der Waals surface area contributed by atoms with Gasteiger partial charge in [0.25, 0.3) is 0 Å². The summed E-state index contributed by atoms with van der Waals surface area (Å²) in [6, 6.07) is 20.0. The second-order valence-corrected chi connectivity index (χ2v) is 5.30. The van der Waals surface area contributed by atoms with Crippen molar-refractivity contribution in [2.75, 3.05) is 6.54 Å². The van der Waals surface area contributed by atoms with Crippen LogP contribution in [0.5, 0.6) is 0 Å². The van der Waals surface area contributed by atoms with E-state index in [1.165, 1.54) is 22.3 Å². The van der Waals surface area contributed by atoms with Crippen LogP contribution in [-0.4, -0.2) is 12.6 Å². The molecule has 0 unspecified atom stereocenters. The van der Waals surface area contributed by atoms with E-state index in [4.69, 9.17) is 0 Å². The molecule has 0 aliphatic carbocycles. The van der Waals surface area contributed by atoms with Gasteiger partial charge in [0.15, 0.2) is 0 Å². The molecule has 1 N–H and O–H groups in total. The Hall–Kier alpha value is -1.86. The van der Waals surface area contributed by atoms with E-state index in [1.54, 1.807) is 0 Å². The molecule has 0 radical (unpaired) electrons. The van der Waals surface area contributed by atoms with Gasteiger partial charge < -0.3 is 5.32 Å². The molecule has 2 aromatic rings. The third kappa shape index (κ3) is 2.94. The summed E-state index contributed by atoms with van der Waals surface area (Å²) in [7, 11) is 0. The molecule has 1 fully saturated rings. The Morgan fingerprint density at radius 2 is 1.63 bits per heavy atom. The first-order chi connectivity index (χ1) is 9.31. The van der Waals surface area contributed by atoms with Crippen molar-refractivity contribution >= 4 is 0 Å². The molecule has 3 rings (SSSR count). The van der Waals surface area contributed by atoms with Gasteiger partial charge in [-0.2, -0.15) is 0 Å². The lowest BCUT2D eigenvalue weighted by atomic mass is 10.00. The quantitative estimate of drug-likeness (QED) is 0.816. The van der Waals surface area contributed by atoms with Crippen LogP contribution >= 0.6 is 0 Å². The molecular weight excluding hydrogens is 230 g/mol. The average Bonchev–Trinajstić information content (AvgIpc) is 2.86. The lowest BCUT2D eigenvalue weighted by molar-refractivity contribution is 0.606. The molecule has 1 aliphatic rings. The summed E-state index contributed by atoms with van der Waals surface area (Å²) in [6.07, 6.45) is 2.20. The molecule has 0 bridgehead atoms. The van der Waals surface area contributed by atoms with E-state index in [0.717, 1.165) is 19.4 Å². The van der Waals surface area contributed by atoms with Crippen LogP contribution in [0.1, 0.15) is 12.0 Å². The molecule has 19 heavy (non-hydrogen) atoms. The van der Waals surface area contributed by atoms with Gasteiger partial charge in [-0.3, -0.25) is 0 Å². The highest BCUT2D eigenvalue weighted by Crippen LogP contribution is 2.21. The molecule has 96 valence electrons. The van der Waals surface area contributed by atoms with Gasteiger partial charge in [-0.05, 0) is 29.5 Å². The summed E-state index contributed by atoms with van der Waals surface area (Å²) in [5.41, 5.74) is 5.28. The maximum atomic E-state index is 4.04. The molecule has 1 aliphatic heterocycles. The molecule has 0 aromatic heterocycles. The van der Waals surface area contributed by atoms with Gasteiger partial charge in [0.05, 0.1) is 0 Å². The number of hydrogen-bond donors (Lipinski definition) is 1. The van der Waals surface area contributed by atoms with Crippen molar-refractivity contribution in [3.8, 4) is 11.1 Å². The van der Waals surface area contributed by atoms with Crippen molar-refractivity contribution in [3.63, 3.8) is 0 Å². The molecule has 0 amide bonds. The summed E-state index contributed by atoms with van der Waals surface area (Å²) in [6.45, 7) is 5.02. The Morgan fingerprint density at radius 1 is 0.947 bits per heavy atom. The smallest absolute Gasteiger partial charge is 0.0165 e. The van der Waals surface area contributed by atoms with Crippen LogP contribution in [-0.2, 0) is 6.42 Å². The van der Waals surface area contributed by atoms with Crippen LogP contribution in [0.2, 0.25) is 0 Å². The van der Waals surface area contributed by atoms with E-state index in [-0.39, 0.29) is 0 Å². The van der Waals surface area contributed by atoms with Crippen LogP contribution in [0, 0.1) is 0 Å². The van der Waals surface area contributed by atoms with Gasteiger partial charge in [0.2, 0.25) is 0 Å². The van der Waals surface area contributed by atoms with Crippen molar-refractivity contribution in [1.82, 2.24) is 5.32 Å².